The molecule has 2 heterocycles. The van der Waals surface area contributed by atoms with Crippen molar-refractivity contribution in [3.8, 4) is 11.4 Å². The van der Waals surface area contributed by atoms with Crippen LogP contribution in [-0.2, 0) is 19.6 Å². The average Bonchev–Trinajstić information content (AvgIpc) is 3.28. The molecule has 0 unspecified atom stereocenters. The number of imidazole rings is 1. The minimum atomic E-state index is -0.422. The molecule has 0 bridgehead atoms. The first-order valence-corrected chi connectivity index (χ1v) is 14.8. The van der Waals surface area contributed by atoms with Crippen molar-refractivity contribution in [1.82, 2.24) is 19.4 Å². The number of hydrogen-bond donors (Lipinski definition) is 2. The Kier molecular flexibility index (Phi) is 7.94. The highest BCUT2D eigenvalue weighted by Crippen LogP contribution is 2.28. The fraction of sp³-hybridized carbons (Fsp3) is 0.258. The van der Waals surface area contributed by atoms with E-state index in [1.807, 2.05) is 30.3 Å². The highest BCUT2D eigenvalue weighted by molar-refractivity contribution is 9.10. The standard InChI is InChI=1S/C31H28BrClN4O5/c32-25-11-6-20(14-26(25)33)30(40)35-12-13-36-27(18-35)28(29(39)34-17-19-4-2-1-3-5-19)37(31(36)41)21-7-9-23(10-8-21)42-24-15-22(38)16-24/h1-11,14,22,24,38H,12-13,15-18H2,(H,34,39). The van der Waals surface area contributed by atoms with Crippen LogP contribution in [0, 0.1) is 0 Å². The maximum absolute atomic E-state index is 13.8. The lowest BCUT2D eigenvalue weighted by atomic mass is 9.92. The molecule has 11 heteroatoms. The monoisotopic (exact) mass is 650 g/mol. The van der Waals surface area contributed by atoms with E-state index in [4.69, 9.17) is 16.3 Å². The molecule has 0 saturated heterocycles. The number of hydrogen-bond acceptors (Lipinski definition) is 5. The zero-order valence-electron chi connectivity index (χ0n) is 22.5. The first-order chi connectivity index (χ1) is 20.3. The van der Waals surface area contributed by atoms with Crippen molar-refractivity contribution in [1.29, 1.82) is 0 Å². The summed E-state index contributed by atoms with van der Waals surface area (Å²) in [7, 11) is 0. The maximum Gasteiger partial charge on any atom is 0.333 e. The third-order valence-corrected chi connectivity index (χ3v) is 8.84. The molecule has 1 fully saturated rings. The van der Waals surface area contributed by atoms with E-state index < -0.39 is 5.91 Å². The van der Waals surface area contributed by atoms with Crippen LogP contribution in [-0.4, -0.2) is 49.7 Å². The number of nitrogens with zero attached hydrogens (tertiary/aromatic N) is 3. The van der Waals surface area contributed by atoms with Gasteiger partial charge in [0.05, 0.1) is 29.1 Å². The summed E-state index contributed by atoms with van der Waals surface area (Å²) in [4.78, 5) is 42.6. The van der Waals surface area contributed by atoms with Crippen molar-refractivity contribution in [2.75, 3.05) is 6.54 Å². The molecule has 4 aromatic rings. The molecule has 1 aliphatic carbocycles. The summed E-state index contributed by atoms with van der Waals surface area (Å²) in [5.74, 6) is -0.0451. The molecule has 2 amide bonds. The van der Waals surface area contributed by atoms with E-state index >= 15 is 0 Å². The van der Waals surface area contributed by atoms with E-state index in [2.05, 4.69) is 21.2 Å². The van der Waals surface area contributed by atoms with Gasteiger partial charge in [-0.3, -0.25) is 18.7 Å². The molecule has 0 radical (unpaired) electrons. The van der Waals surface area contributed by atoms with Crippen LogP contribution in [0.5, 0.6) is 5.75 Å². The van der Waals surface area contributed by atoms with Gasteiger partial charge in [-0.25, -0.2) is 4.79 Å². The minimum absolute atomic E-state index is 0.0428. The van der Waals surface area contributed by atoms with E-state index in [1.165, 1.54) is 4.57 Å². The van der Waals surface area contributed by atoms with Crippen molar-refractivity contribution < 1.29 is 19.4 Å². The van der Waals surface area contributed by atoms with E-state index in [0.29, 0.717) is 51.6 Å². The smallest absolute Gasteiger partial charge is 0.333 e. The van der Waals surface area contributed by atoms with Crippen LogP contribution in [0.15, 0.2) is 82.1 Å². The first kappa shape index (κ1) is 28.3. The summed E-state index contributed by atoms with van der Waals surface area (Å²) >= 11 is 9.59. The van der Waals surface area contributed by atoms with Crippen LogP contribution in [0.1, 0.15) is 44.9 Å². The minimum Gasteiger partial charge on any atom is -0.490 e. The molecular weight excluding hydrogens is 624 g/mol. The SMILES string of the molecule is O=C(NCc1ccccc1)c1c2n(c(=O)n1-c1ccc(OC3CC(O)C3)cc1)CCN(C(=O)c1ccc(Br)c(Cl)c1)C2. The van der Waals surface area contributed by atoms with E-state index in [-0.39, 0.29) is 49.1 Å². The topological polar surface area (TPSA) is 106 Å². The van der Waals surface area contributed by atoms with Gasteiger partial charge in [0.1, 0.15) is 17.5 Å². The summed E-state index contributed by atoms with van der Waals surface area (Å²) in [5, 5.41) is 12.9. The molecule has 2 N–H and O–H groups in total. The van der Waals surface area contributed by atoms with Gasteiger partial charge in [0.15, 0.2) is 0 Å². The number of carbonyl (C=O) groups is 2. The molecule has 1 saturated carbocycles. The van der Waals surface area contributed by atoms with Gasteiger partial charge in [-0.05, 0) is 64.0 Å². The zero-order valence-corrected chi connectivity index (χ0v) is 24.8. The Morgan fingerprint density at radius 1 is 1.02 bits per heavy atom. The predicted octanol–water partition coefficient (Wildman–Crippen LogP) is 4.54. The maximum atomic E-state index is 13.8. The van der Waals surface area contributed by atoms with Crippen molar-refractivity contribution in [3.05, 3.63) is 115 Å². The van der Waals surface area contributed by atoms with Crippen LogP contribution >= 0.6 is 27.5 Å². The molecule has 9 nitrogen and oxygen atoms in total. The van der Waals surface area contributed by atoms with Crippen LogP contribution < -0.4 is 15.7 Å². The largest absolute Gasteiger partial charge is 0.490 e. The average molecular weight is 652 g/mol. The predicted molar refractivity (Wildman–Crippen MR) is 161 cm³/mol. The number of amides is 2. The second-order valence-electron chi connectivity index (χ2n) is 10.4. The second kappa shape index (κ2) is 11.8. The number of ether oxygens (including phenoxy) is 1. The Hall–Kier alpha value is -3.86. The normalized spacial score (nSPS) is 17.7. The number of halogens is 2. The zero-order chi connectivity index (χ0) is 29.4. The van der Waals surface area contributed by atoms with Crippen LogP contribution in [0.2, 0.25) is 5.02 Å². The van der Waals surface area contributed by atoms with Gasteiger partial charge < -0.3 is 20.1 Å². The van der Waals surface area contributed by atoms with Gasteiger partial charge >= 0.3 is 5.69 Å². The van der Waals surface area contributed by atoms with Gasteiger partial charge in [0.2, 0.25) is 0 Å². The Balaban J connectivity index is 1.33. The molecule has 42 heavy (non-hydrogen) atoms. The third-order valence-electron chi connectivity index (χ3n) is 7.61. The van der Waals surface area contributed by atoms with Crippen molar-refractivity contribution >= 4 is 39.3 Å². The lowest BCUT2D eigenvalue weighted by Gasteiger charge is -2.31. The number of aliphatic hydroxyl groups is 1. The summed E-state index contributed by atoms with van der Waals surface area (Å²) in [5.41, 5.74) is 2.12. The Morgan fingerprint density at radius 3 is 2.45 bits per heavy atom. The molecule has 1 aliphatic heterocycles. The van der Waals surface area contributed by atoms with Crippen molar-refractivity contribution in [3.63, 3.8) is 0 Å². The third kappa shape index (κ3) is 5.62. The first-order valence-electron chi connectivity index (χ1n) is 13.6. The molecule has 1 aromatic heterocycles. The van der Waals surface area contributed by atoms with Crippen molar-refractivity contribution in [2.45, 2.75) is 44.7 Å². The van der Waals surface area contributed by atoms with Crippen LogP contribution in [0.4, 0.5) is 0 Å². The summed E-state index contributed by atoms with van der Waals surface area (Å²) in [6.07, 6.45) is 0.797. The summed E-state index contributed by atoms with van der Waals surface area (Å²) < 4.78 is 9.55. The highest BCUT2D eigenvalue weighted by Gasteiger charge is 2.33. The van der Waals surface area contributed by atoms with Crippen LogP contribution in [0.3, 0.4) is 0 Å². The van der Waals surface area contributed by atoms with E-state index in [1.54, 1.807) is 51.9 Å². The number of carbonyl (C=O) groups excluding carboxylic acids is 2. The number of benzene rings is 3. The summed E-state index contributed by atoms with van der Waals surface area (Å²) in [6, 6.07) is 21.5. The molecule has 0 atom stereocenters. The highest BCUT2D eigenvalue weighted by atomic mass is 79.9. The van der Waals surface area contributed by atoms with Gasteiger partial charge in [0, 0.05) is 42.5 Å². The molecule has 2 aliphatic rings. The number of rotatable bonds is 7. The van der Waals surface area contributed by atoms with Gasteiger partial charge in [0.25, 0.3) is 11.8 Å². The van der Waals surface area contributed by atoms with Gasteiger partial charge in [-0.1, -0.05) is 41.9 Å². The number of nitrogens with one attached hydrogen (secondary N) is 1. The summed E-state index contributed by atoms with van der Waals surface area (Å²) in [6.45, 7) is 0.891. The van der Waals surface area contributed by atoms with E-state index in [9.17, 15) is 19.5 Å². The number of aromatic nitrogens is 2. The Labute approximate surface area is 255 Å². The van der Waals surface area contributed by atoms with E-state index in [0.717, 1.165) is 5.56 Å². The molecule has 3 aromatic carbocycles. The van der Waals surface area contributed by atoms with Gasteiger partial charge in [-0.15, -0.1) is 0 Å². The molecule has 216 valence electrons. The fourth-order valence-electron chi connectivity index (χ4n) is 5.28. The lowest BCUT2D eigenvalue weighted by Crippen LogP contribution is -2.41. The van der Waals surface area contributed by atoms with Crippen molar-refractivity contribution in [2.24, 2.45) is 0 Å². The van der Waals surface area contributed by atoms with Crippen LogP contribution in [0.25, 0.3) is 5.69 Å². The molecular formula is C31H28BrClN4O5. The second-order valence-corrected chi connectivity index (χ2v) is 11.7. The quantitative estimate of drug-likeness (QED) is 0.305. The fourth-order valence-corrected chi connectivity index (χ4v) is 5.71. The van der Waals surface area contributed by atoms with Gasteiger partial charge in [-0.2, -0.15) is 0 Å². The molecule has 6 rings (SSSR count). The molecule has 0 spiro atoms. The lowest BCUT2D eigenvalue weighted by molar-refractivity contribution is -0.0107. The Bertz CT molecular complexity index is 1700. The number of fused-ring (bicyclic) bond motifs is 1. The number of aliphatic hydroxyl groups excluding tert-OH is 1. The Morgan fingerprint density at radius 2 is 1.76 bits per heavy atom.